The van der Waals surface area contributed by atoms with E-state index in [0.717, 1.165) is 4.31 Å². The van der Waals surface area contributed by atoms with E-state index in [1.54, 1.807) is 0 Å². The number of carbonyl (C=O) groups is 1. The van der Waals surface area contributed by atoms with E-state index >= 15 is 0 Å². The van der Waals surface area contributed by atoms with Crippen LogP contribution in [0.1, 0.15) is 11.6 Å². The van der Waals surface area contributed by atoms with Crippen molar-refractivity contribution in [2.45, 2.75) is 0 Å². The molecule has 1 fully saturated rings. The summed E-state index contributed by atoms with van der Waals surface area (Å²) in [4.78, 5) is 27.1. The maximum atomic E-state index is 12.8. The van der Waals surface area contributed by atoms with Crippen LogP contribution >= 0.6 is 0 Å². The summed E-state index contributed by atoms with van der Waals surface area (Å²) in [5, 5.41) is 0. The minimum atomic E-state index is -4.24. The number of ether oxygens (including phenoxy) is 7. The molecule has 1 aliphatic rings. The second kappa shape index (κ2) is 22.3. The maximum Gasteiger partial charge on any atom is 0.422 e. The lowest BCUT2D eigenvalue weighted by atomic mass is 10.4. The molecule has 1 amide bonds. The number of anilines is 1. The number of terminal acetylenes is 1. The van der Waals surface area contributed by atoms with Crippen LogP contribution in [-0.4, -0.2) is 146 Å². The molecule has 16 nitrogen and oxygen atoms in total. The highest BCUT2D eigenvalue weighted by molar-refractivity contribution is 7.87. The molecule has 44 heavy (non-hydrogen) atoms. The molecule has 0 aliphatic carbocycles. The van der Waals surface area contributed by atoms with Crippen LogP contribution < -0.4 is 9.62 Å². The number of hydrogen-bond acceptors (Lipinski definition) is 14. The van der Waals surface area contributed by atoms with Crippen molar-refractivity contribution in [3.05, 3.63) is 24.8 Å². The van der Waals surface area contributed by atoms with E-state index in [1.165, 1.54) is 12.2 Å². The van der Waals surface area contributed by atoms with Crippen LogP contribution in [0.4, 0.5) is 10.7 Å². The Morgan fingerprint density at radius 2 is 1.32 bits per heavy atom. The molecule has 246 valence electrons. The van der Waals surface area contributed by atoms with Gasteiger partial charge in [0, 0.05) is 26.2 Å². The summed E-state index contributed by atoms with van der Waals surface area (Å²) in [5.74, 6) is 3.64. The van der Waals surface area contributed by atoms with Gasteiger partial charge in [-0.15, -0.1) is 6.42 Å². The zero-order valence-corrected chi connectivity index (χ0v) is 25.7. The van der Waals surface area contributed by atoms with Crippen LogP contribution in [-0.2, 0) is 43.4 Å². The molecule has 1 saturated heterocycles. The van der Waals surface area contributed by atoms with Crippen molar-refractivity contribution in [2.75, 3.05) is 117 Å². The van der Waals surface area contributed by atoms with Crippen molar-refractivity contribution in [3.63, 3.8) is 0 Å². The largest absolute Gasteiger partial charge is 0.446 e. The van der Waals surface area contributed by atoms with Gasteiger partial charge in [-0.1, -0.05) is 19.1 Å². The van der Waals surface area contributed by atoms with Gasteiger partial charge in [0.2, 0.25) is 5.95 Å². The number of amides is 1. The van der Waals surface area contributed by atoms with E-state index in [1.807, 2.05) is 9.62 Å². The molecule has 1 aliphatic heterocycles. The summed E-state index contributed by atoms with van der Waals surface area (Å²) < 4.78 is 66.3. The van der Waals surface area contributed by atoms with Crippen LogP contribution in [0.2, 0.25) is 0 Å². The molecule has 17 heteroatoms. The van der Waals surface area contributed by atoms with Crippen molar-refractivity contribution < 1.29 is 46.4 Å². The molecule has 0 unspecified atom stereocenters. The Morgan fingerprint density at radius 1 is 0.818 bits per heavy atom. The number of nitrogens with one attached hydrogen (secondary N) is 1. The Bertz CT molecular complexity index is 1100. The van der Waals surface area contributed by atoms with Gasteiger partial charge in [0.15, 0.2) is 11.6 Å². The van der Waals surface area contributed by atoms with Crippen molar-refractivity contribution in [2.24, 2.45) is 0 Å². The van der Waals surface area contributed by atoms with E-state index in [0.29, 0.717) is 43.9 Å². The van der Waals surface area contributed by atoms with Crippen molar-refractivity contribution in [1.82, 2.24) is 24.0 Å². The predicted molar refractivity (Wildman–Crippen MR) is 161 cm³/mol. The van der Waals surface area contributed by atoms with Gasteiger partial charge in [-0.05, 0) is 12.2 Å². The Kier molecular flexibility index (Phi) is 18.8. The van der Waals surface area contributed by atoms with Crippen molar-refractivity contribution in [1.29, 1.82) is 0 Å². The number of nitrogens with zero attached hydrogens (tertiary/aromatic N) is 5. The van der Waals surface area contributed by atoms with Crippen LogP contribution in [0, 0.1) is 12.3 Å². The molecule has 0 aromatic carbocycles. The molecule has 0 spiro atoms. The maximum absolute atomic E-state index is 12.8. The van der Waals surface area contributed by atoms with Gasteiger partial charge in [0.1, 0.15) is 13.2 Å². The second-order valence-corrected chi connectivity index (χ2v) is 10.4. The summed E-state index contributed by atoms with van der Waals surface area (Å²) in [6.45, 7) is 10.8. The molecule has 2 heterocycles. The highest BCUT2D eigenvalue weighted by Gasteiger charge is 2.25. The van der Waals surface area contributed by atoms with E-state index in [4.69, 9.17) is 39.6 Å². The fourth-order valence-electron chi connectivity index (χ4n) is 3.46. The monoisotopic (exact) mass is 642 g/mol. The highest BCUT2D eigenvalue weighted by atomic mass is 32.2. The average Bonchev–Trinajstić information content (AvgIpc) is 3.01. The second-order valence-electron chi connectivity index (χ2n) is 8.71. The molecular formula is C27H42N6O10S. The number of hydrogen-bond donors (Lipinski definition) is 1. The predicted octanol–water partition coefficient (Wildman–Crippen LogP) is -0.0166. The molecule has 1 aromatic heterocycles. The quantitative estimate of drug-likeness (QED) is 0.238. The summed E-state index contributed by atoms with van der Waals surface area (Å²) in [6.07, 6.45) is 7.01. The average molecular weight is 643 g/mol. The Balaban J connectivity index is 1.84. The van der Waals surface area contributed by atoms with Gasteiger partial charge >= 0.3 is 16.3 Å². The number of aromatic nitrogens is 3. The van der Waals surface area contributed by atoms with E-state index in [-0.39, 0.29) is 85.8 Å². The van der Waals surface area contributed by atoms with E-state index in [9.17, 15) is 13.2 Å². The van der Waals surface area contributed by atoms with E-state index in [2.05, 4.69) is 34.0 Å². The Labute approximate surface area is 258 Å². The first-order valence-electron chi connectivity index (χ1n) is 14.0. The molecule has 2 rings (SSSR count). The van der Waals surface area contributed by atoms with Gasteiger partial charge in [-0.3, -0.25) is 0 Å². The number of rotatable bonds is 12. The fourth-order valence-corrected chi connectivity index (χ4v) is 4.48. The van der Waals surface area contributed by atoms with Gasteiger partial charge in [0.05, 0.1) is 72.7 Å². The summed E-state index contributed by atoms with van der Waals surface area (Å²) >= 11 is 0. The lowest BCUT2D eigenvalue weighted by molar-refractivity contribution is 0.0321. The summed E-state index contributed by atoms with van der Waals surface area (Å²) in [5.41, 5.74) is 0. The molecule has 0 radical (unpaired) electrons. The first-order valence-corrected chi connectivity index (χ1v) is 15.4. The first kappa shape index (κ1) is 37.0. The molecule has 0 bridgehead atoms. The number of carbonyl (C=O) groups excluding carboxylic acids is 1. The fraction of sp³-hybridized carbons (Fsp3) is 0.630. The summed E-state index contributed by atoms with van der Waals surface area (Å²) in [6, 6.07) is 0. The van der Waals surface area contributed by atoms with Gasteiger partial charge in [-0.25, -0.2) is 14.5 Å². The lowest BCUT2D eigenvalue weighted by Crippen LogP contribution is -2.46. The lowest BCUT2D eigenvalue weighted by Gasteiger charge is -2.24. The molecule has 0 saturated carbocycles. The zero-order chi connectivity index (χ0) is 31.9. The van der Waals surface area contributed by atoms with Crippen LogP contribution in [0.3, 0.4) is 0 Å². The van der Waals surface area contributed by atoms with Crippen molar-refractivity contribution >= 4 is 34.4 Å². The molecule has 1 N–H and O–H groups in total. The third-order valence-corrected chi connectivity index (χ3v) is 7.07. The van der Waals surface area contributed by atoms with Crippen LogP contribution in [0.15, 0.2) is 13.2 Å². The SMILES string of the molecule is C#CCOCCOCCOC(=O)NS(=O)(=O)N1CCOCCOCCN(c2nc(C=C)nc(C=C)n2)CCOCCOCC1. The van der Waals surface area contributed by atoms with Gasteiger partial charge in [-0.2, -0.15) is 22.7 Å². The highest BCUT2D eigenvalue weighted by Crippen LogP contribution is 2.10. The van der Waals surface area contributed by atoms with Gasteiger partial charge in [0.25, 0.3) is 0 Å². The van der Waals surface area contributed by atoms with E-state index < -0.39 is 16.3 Å². The van der Waals surface area contributed by atoms with Crippen LogP contribution in [0.25, 0.3) is 12.2 Å². The van der Waals surface area contributed by atoms with Gasteiger partial charge < -0.3 is 38.1 Å². The minimum absolute atomic E-state index is 0.0341. The third-order valence-electron chi connectivity index (χ3n) is 5.60. The molecule has 1 aromatic rings. The smallest absolute Gasteiger partial charge is 0.422 e. The third kappa shape index (κ3) is 15.5. The Morgan fingerprint density at radius 3 is 1.84 bits per heavy atom. The molecule has 0 atom stereocenters. The molecular weight excluding hydrogens is 600 g/mol. The van der Waals surface area contributed by atoms with Crippen molar-refractivity contribution in [3.8, 4) is 12.3 Å². The minimum Gasteiger partial charge on any atom is -0.446 e. The van der Waals surface area contributed by atoms with Crippen LogP contribution in [0.5, 0.6) is 0 Å². The zero-order valence-electron chi connectivity index (χ0n) is 24.9. The normalized spacial score (nSPS) is 17.0. The topological polar surface area (TPSA) is 173 Å². The summed E-state index contributed by atoms with van der Waals surface area (Å²) in [7, 11) is -4.24. The standard InChI is InChI=1S/C27H42N6O10S/c1-4-11-37-16-21-42-22-23-43-27(34)31-44(35,36)33-9-14-40-19-17-38-12-7-32(8-13-39-18-20-41-15-10-33)26-29-24(5-2)28-25(6-3)30-26/h1,5-6H,2-3,7-23H2,(H,31,34). The Hall–Kier alpha value is -3.21. The first-order chi connectivity index (χ1) is 21.4.